The van der Waals surface area contributed by atoms with E-state index >= 15 is 0 Å². The van der Waals surface area contributed by atoms with Gasteiger partial charge in [0.25, 0.3) is 0 Å². The molecule has 1 atom stereocenters. The zero-order valence-electron chi connectivity index (χ0n) is 12.6. The van der Waals surface area contributed by atoms with Crippen LogP contribution in [0.1, 0.15) is 56.7 Å². The van der Waals surface area contributed by atoms with E-state index in [4.69, 9.17) is 10.5 Å². The van der Waals surface area contributed by atoms with Crippen LogP contribution in [0.25, 0.3) is 0 Å². The second-order valence-electron chi connectivity index (χ2n) is 6.30. The third-order valence-corrected chi connectivity index (χ3v) is 3.17. The Morgan fingerprint density at radius 2 is 1.76 bits per heavy atom. The molecule has 114 valence electrons. The molecule has 0 heterocycles. The Kier molecular flexibility index (Phi) is 4.32. The second kappa shape index (κ2) is 5.85. The summed E-state index contributed by atoms with van der Waals surface area (Å²) in [6.45, 7) is 5.07. The van der Waals surface area contributed by atoms with Gasteiger partial charge >= 0.3 is 12.1 Å². The largest absolute Gasteiger partial charge is 0.516 e. The lowest BCUT2D eigenvalue weighted by Gasteiger charge is -2.19. The summed E-state index contributed by atoms with van der Waals surface area (Å²) < 4.78 is 9.52. The highest BCUT2D eigenvalue weighted by Crippen LogP contribution is 2.40. The van der Waals surface area contributed by atoms with Gasteiger partial charge in [0.15, 0.2) is 0 Å². The predicted octanol–water partition coefficient (Wildman–Crippen LogP) is 3.04. The molecule has 1 aliphatic carbocycles. The Balaban J connectivity index is 1.93. The molecule has 1 saturated carbocycles. The van der Waals surface area contributed by atoms with Crippen molar-refractivity contribution in [1.82, 2.24) is 0 Å². The fraction of sp³-hybridized carbons (Fsp3) is 0.500. The molecule has 2 rings (SSSR count). The van der Waals surface area contributed by atoms with Gasteiger partial charge in [0.05, 0.1) is 0 Å². The van der Waals surface area contributed by atoms with E-state index in [9.17, 15) is 9.59 Å². The quantitative estimate of drug-likeness (QED) is 0.684. The van der Waals surface area contributed by atoms with E-state index in [-0.39, 0.29) is 0 Å². The molecule has 0 aliphatic heterocycles. The van der Waals surface area contributed by atoms with Crippen molar-refractivity contribution in [3.05, 3.63) is 35.4 Å². The summed E-state index contributed by atoms with van der Waals surface area (Å²) in [5.41, 5.74) is 6.97. The smallest absolute Gasteiger partial charge is 0.428 e. The van der Waals surface area contributed by atoms with Crippen molar-refractivity contribution in [2.45, 2.75) is 51.2 Å². The zero-order chi connectivity index (χ0) is 15.6. The third kappa shape index (κ3) is 4.56. The van der Waals surface area contributed by atoms with Gasteiger partial charge in [-0.3, -0.25) is 0 Å². The van der Waals surface area contributed by atoms with E-state index in [0.29, 0.717) is 11.5 Å². The van der Waals surface area contributed by atoms with Gasteiger partial charge in [0.1, 0.15) is 11.6 Å². The van der Waals surface area contributed by atoms with Gasteiger partial charge in [0.2, 0.25) is 0 Å². The van der Waals surface area contributed by atoms with Crippen LogP contribution in [0.5, 0.6) is 0 Å². The maximum Gasteiger partial charge on any atom is 0.516 e. The van der Waals surface area contributed by atoms with Crippen molar-refractivity contribution in [2.75, 3.05) is 0 Å². The van der Waals surface area contributed by atoms with Crippen molar-refractivity contribution in [2.24, 2.45) is 5.73 Å². The minimum Gasteiger partial charge on any atom is -0.428 e. The van der Waals surface area contributed by atoms with E-state index in [1.807, 2.05) is 12.1 Å². The molecular weight excluding hydrogens is 270 g/mol. The standard InChI is InChI=1S/C16H21NO4/c1-16(2,3)21-15(19)20-14(18)13(17)12-8-6-11(7-9-12)10-4-5-10/h6-10,13H,4-5,17H2,1-3H3. The molecule has 0 saturated heterocycles. The number of ether oxygens (including phenoxy) is 2. The third-order valence-electron chi connectivity index (χ3n) is 3.17. The number of rotatable bonds is 3. The van der Waals surface area contributed by atoms with Crippen LogP contribution in [0.3, 0.4) is 0 Å². The lowest BCUT2D eigenvalue weighted by atomic mass is 10.0. The van der Waals surface area contributed by atoms with Crippen LogP contribution in [0.2, 0.25) is 0 Å². The molecule has 0 radical (unpaired) electrons. The first kappa shape index (κ1) is 15.5. The molecule has 5 heteroatoms. The van der Waals surface area contributed by atoms with Crippen LogP contribution in [0, 0.1) is 0 Å². The fourth-order valence-corrected chi connectivity index (χ4v) is 1.94. The first-order valence-corrected chi connectivity index (χ1v) is 7.06. The van der Waals surface area contributed by atoms with E-state index in [1.165, 1.54) is 18.4 Å². The second-order valence-corrected chi connectivity index (χ2v) is 6.30. The molecule has 0 amide bonds. The summed E-state index contributed by atoms with van der Waals surface area (Å²) in [5.74, 6) is -0.174. The number of benzene rings is 1. The summed E-state index contributed by atoms with van der Waals surface area (Å²) in [5, 5.41) is 0. The number of carbonyl (C=O) groups excluding carboxylic acids is 2. The summed E-state index contributed by atoms with van der Waals surface area (Å²) in [4.78, 5) is 23.3. The van der Waals surface area contributed by atoms with Crippen LogP contribution in [0.15, 0.2) is 24.3 Å². The first-order chi connectivity index (χ1) is 9.76. The zero-order valence-corrected chi connectivity index (χ0v) is 12.6. The Morgan fingerprint density at radius 3 is 2.24 bits per heavy atom. The molecule has 1 aliphatic rings. The highest BCUT2D eigenvalue weighted by atomic mass is 16.7. The Labute approximate surface area is 124 Å². The SMILES string of the molecule is CC(C)(C)OC(=O)OC(=O)C(N)c1ccc(C2CC2)cc1. The van der Waals surface area contributed by atoms with Crippen molar-refractivity contribution in [1.29, 1.82) is 0 Å². The van der Waals surface area contributed by atoms with E-state index < -0.39 is 23.8 Å². The van der Waals surface area contributed by atoms with Crippen molar-refractivity contribution in [3.63, 3.8) is 0 Å². The summed E-state index contributed by atoms with van der Waals surface area (Å²) in [7, 11) is 0. The molecule has 5 nitrogen and oxygen atoms in total. The molecule has 1 aromatic rings. The van der Waals surface area contributed by atoms with Gasteiger partial charge in [-0.05, 0) is 50.7 Å². The summed E-state index contributed by atoms with van der Waals surface area (Å²) >= 11 is 0. The summed E-state index contributed by atoms with van der Waals surface area (Å²) in [6.07, 6.45) is 1.40. The normalized spacial score (nSPS) is 16.2. The fourth-order valence-electron chi connectivity index (χ4n) is 1.94. The number of hydrogen-bond donors (Lipinski definition) is 1. The van der Waals surface area contributed by atoms with Gasteiger partial charge in [-0.25, -0.2) is 9.59 Å². The maximum absolute atomic E-state index is 11.8. The molecular formula is C16H21NO4. The Morgan fingerprint density at radius 1 is 1.19 bits per heavy atom. The average Bonchev–Trinajstić information content (AvgIpc) is 3.20. The predicted molar refractivity (Wildman–Crippen MR) is 77.7 cm³/mol. The molecule has 0 aromatic heterocycles. The minimum atomic E-state index is -1.03. The summed E-state index contributed by atoms with van der Waals surface area (Å²) in [6, 6.07) is 6.54. The van der Waals surface area contributed by atoms with Crippen LogP contribution in [-0.4, -0.2) is 17.7 Å². The molecule has 0 bridgehead atoms. The first-order valence-electron chi connectivity index (χ1n) is 7.06. The highest BCUT2D eigenvalue weighted by molar-refractivity contribution is 5.86. The van der Waals surface area contributed by atoms with Gasteiger partial charge in [-0.2, -0.15) is 0 Å². The Bertz CT molecular complexity index is 526. The monoisotopic (exact) mass is 291 g/mol. The average molecular weight is 291 g/mol. The van der Waals surface area contributed by atoms with Gasteiger partial charge < -0.3 is 15.2 Å². The molecule has 1 aromatic carbocycles. The maximum atomic E-state index is 11.8. The molecule has 0 spiro atoms. The highest BCUT2D eigenvalue weighted by Gasteiger charge is 2.26. The number of esters is 1. The van der Waals surface area contributed by atoms with Crippen molar-refractivity contribution >= 4 is 12.1 Å². The van der Waals surface area contributed by atoms with Crippen molar-refractivity contribution < 1.29 is 19.1 Å². The van der Waals surface area contributed by atoms with Crippen molar-refractivity contribution in [3.8, 4) is 0 Å². The van der Waals surface area contributed by atoms with Crippen LogP contribution in [0.4, 0.5) is 4.79 Å². The lowest BCUT2D eigenvalue weighted by Crippen LogP contribution is -2.30. The van der Waals surface area contributed by atoms with Crippen LogP contribution in [-0.2, 0) is 14.3 Å². The minimum absolute atomic E-state index is 0.618. The van der Waals surface area contributed by atoms with E-state index in [2.05, 4.69) is 4.74 Å². The number of nitrogens with two attached hydrogens (primary N) is 1. The molecule has 1 unspecified atom stereocenters. The number of carbonyl (C=O) groups is 2. The van der Waals surface area contributed by atoms with E-state index in [0.717, 1.165) is 0 Å². The molecule has 2 N–H and O–H groups in total. The molecule has 21 heavy (non-hydrogen) atoms. The van der Waals surface area contributed by atoms with Crippen LogP contribution < -0.4 is 5.73 Å². The van der Waals surface area contributed by atoms with E-state index in [1.54, 1.807) is 32.9 Å². The van der Waals surface area contributed by atoms with Gasteiger partial charge in [0, 0.05) is 0 Å². The Hall–Kier alpha value is -1.88. The number of hydrogen-bond acceptors (Lipinski definition) is 5. The molecule has 1 fully saturated rings. The van der Waals surface area contributed by atoms with Gasteiger partial charge in [-0.1, -0.05) is 24.3 Å². The lowest BCUT2D eigenvalue weighted by molar-refractivity contribution is -0.143. The van der Waals surface area contributed by atoms with Gasteiger partial charge in [-0.15, -0.1) is 0 Å². The topological polar surface area (TPSA) is 78.6 Å². The van der Waals surface area contributed by atoms with Crippen LogP contribution >= 0.6 is 0 Å².